The lowest BCUT2D eigenvalue weighted by Gasteiger charge is -2.10. The average Bonchev–Trinajstić information content (AvgIpc) is 2.89. The molecule has 0 spiro atoms. The molecule has 6 nitrogen and oxygen atoms in total. The predicted molar refractivity (Wildman–Crippen MR) is 77.7 cm³/mol. The number of nitrogens with zero attached hydrogens (tertiary/aromatic N) is 2. The van der Waals surface area contributed by atoms with Crippen molar-refractivity contribution in [2.24, 2.45) is 0 Å². The van der Waals surface area contributed by atoms with E-state index in [1.807, 2.05) is 0 Å². The lowest BCUT2D eigenvalue weighted by molar-refractivity contribution is 0.527. The summed E-state index contributed by atoms with van der Waals surface area (Å²) in [7, 11) is 0. The Morgan fingerprint density at radius 1 is 1.29 bits per heavy atom. The predicted octanol–water partition coefficient (Wildman–Crippen LogP) is 3.07. The summed E-state index contributed by atoms with van der Waals surface area (Å²) in [4.78, 5) is 15.0. The normalized spacial score (nSPS) is 10.6. The quantitative estimate of drug-likeness (QED) is 0.758. The molecule has 2 heterocycles. The number of hydrogen-bond donors (Lipinski definition) is 2. The first-order valence-corrected chi connectivity index (χ1v) is 6.65. The fourth-order valence-electron chi connectivity index (χ4n) is 1.76. The molecule has 0 aliphatic carbocycles. The number of benzene rings is 1. The molecule has 8 heteroatoms. The van der Waals surface area contributed by atoms with Gasteiger partial charge < -0.3 is 9.73 Å². The Morgan fingerprint density at radius 2 is 2.14 bits per heavy atom. The number of aromatic amines is 1. The Kier molecular flexibility index (Phi) is 3.53. The maximum atomic E-state index is 13.9. The molecule has 0 aliphatic heterocycles. The van der Waals surface area contributed by atoms with E-state index in [1.54, 1.807) is 18.2 Å². The highest BCUT2D eigenvalue weighted by atomic mass is 79.9. The highest BCUT2D eigenvalue weighted by Gasteiger charge is 2.12. The first kappa shape index (κ1) is 13.5. The third kappa shape index (κ3) is 2.84. The maximum absolute atomic E-state index is 13.9. The van der Waals surface area contributed by atoms with Crippen LogP contribution in [0.15, 0.2) is 50.3 Å². The molecule has 106 valence electrons. The van der Waals surface area contributed by atoms with E-state index in [-0.39, 0.29) is 11.6 Å². The van der Waals surface area contributed by atoms with Crippen LogP contribution in [-0.4, -0.2) is 15.2 Å². The van der Waals surface area contributed by atoms with Crippen LogP contribution >= 0.6 is 15.9 Å². The monoisotopic (exact) mass is 350 g/mol. The second kappa shape index (κ2) is 5.49. The van der Waals surface area contributed by atoms with Crippen LogP contribution in [0.4, 0.5) is 15.8 Å². The van der Waals surface area contributed by atoms with Gasteiger partial charge in [0.25, 0.3) is 5.89 Å². The number of anilines is 2. The number of rotatable bonds is 3. The van der Waals surface area contributed by atoms with E-state index in [0.717, 1.165) is 0 Å². The van der Waals surface area contributed by atoms with Gasteiger partial charge in [0.15, 0.2) is 0 Å². The van der Waals surface area contributed by atoms with Crippen LogP contribution < -0.4 is 11.1 Å². The zero-order chi connectivity index (χ0) is 14.8. The summed E-state index contributed by atoms with van der Waals surface area (Å²) in [5.41, 5.74) is 1.23. The zero-order valence-electron chi connectivity index (χ0n) is 10.4. The van der Waals surface area contributed by atoms with Crippen molar-refractivity contribution in [2.45, 2.75) is 0 Å². The Balaban J connectivity index is 2.01. The average molecular weight is 351 g/mol. The van der Waals surface area contributed by atoms with Crippen LogP contribution in [0.2, 0.25) is 0 Å². The van der Waals surface area contributed by atoms with Gasteiger partial charge in [-0.15, -0.1) is 5.10 Å². The molecule has 0 aliphatic rings. The fraction of sp³-hybridized carbons (Fsp3) is 0. The van der Waals surface area contributed by atoms with Crippen LogP contribution in [0, 0.1) is 5.82 Å². The van der Waals surface area contributed by atoms with E-state index in [1.165, 1.54) is 18.5 Å². The Bertz CT molecular complexity index is 846. The largest absolute Gasteiger partial charge is 0.434 e. The minimum atomic E-state index is -0.664. The highest BCUT2D eigenvalue weighted by Crippen LogP contribution is 2.29. The Labute approximate surface area is 126 Å². The van der Waals surface area contributed by atoms with Gasteiger partial charge in [0, 0.05) is 10.7 Å². The molecule has 0 bridgehead atoms. The molecule has 0 saturated carbocycles. The summed E-state index contributed by atoms with van der Waals surface area (Å²) in [5, 5.41) is 8.83. The number of halogens is 2. The van der Waals surface area contributed by atoms with Crippen molar-refractivity contribution < 1.29 is 8.81 Å². The van der Waals surface area contributed by atoms with Crippen LogP contribution in [-0.2, 0) is 0 Å². The van der Waals surface area contributed by atoms with E-state index in [4.69, 9.17) is 4.42 Å². The van der Waals surface area contributed by atoms with Gasteiger partial charge in [-0.05, 0) is 24.3 Å². The van der Waals surface area contributed by atoms with E-state index < -0.39 is 11.6 Å². The molecular weight excluding hydrogens is 343 g/mol. The molecule has 2 N–H and O–H groups in total. The van der Waals surface area contributed by atoms with E-state index in [0.29, 0.717) is 15.7 Å². The molecule has 21 heavy (non-hydrogen) atoms. The minimum Gasteiger partial charge on any atom is -0.388 e. The van der Waals surface area contributed by atoms with Crippen LogP contribution in [0.3, 0.4) is 0 Å². The van der Waals surface area contributed by atoms with Gasteiger partial charge in [0.1, 0.15) is 5.82 Å². The summed E-state index contributed by atoms with van der Waals surface area (Å²) in [6.45, 7) is 0. The van der Waals surface area contributed by atoms with Crippen LogP contribution in [0.5, 0.6) is 0 Å². The van der Waals surface area contributed by atoms with Crippen molar-refractivity contribution in [2.75, 3.05) is 5.32 Å². The Hall–Kier alpha value is -2.48. The minimum absolute atomic E-state index is 0.0995. The van der Waals surface area contributed by atoms with Crippen molar-refractivity contribution in [3.8, 4) is 11.5 Å². The second-order valence-corrected chi connectivity index (χ2v) is 5.00. The zero-order valence-corrected chi connectivity index (χ0v) is 12.0. The summed E-state index contributed by atoms with van der Waals surface area (Å²) < 4.78 is 19.4. The van der Waals surface area contributed by atoms with Crippen molar-refractivity contribution in [3.63, 3.8) is 0 Å². The van der Waals surface area contributed by atoms with Crippen molar-refractivity contribution in [1.29, 1.82) is 0 Å². The summed E-state index contributed by atoms with van der Waals surface area (Å²) in [6, 6.07) is 6.23. The lowest BCUT2D eigenvalue weighted by Crippen LogP contribution is -1.97. The van der Waals surface area contributed by atoms with Gasteiger partial charge in [-0.25, -0.2) is 14.3 Å². The first-order chi connectivity index (χ1) is 10.1. The lowest BCUT2D eigenvalue weighted by atomic mass is 10.2. The summed E-state index contributed by atoms with van der Waals surface area (Å²) in [5.74, 6) is -0.993. The molecule has 0 radical (unpaired) electrons. The van der Waals surface area contributed by atoms with E-state index >= 15 is 0 Å². The van der Waals surface area contributed by atoms with Crippen LogP contribution in [0.1, 0.15) is 0 Å². The van der Waals surface area contributed by atoms with Crippen molar-refractivity contribution >= 4 is 27.3 Å². The number of nitrogens with one attached hydrogen (secondary N) is 2. The standard InChI is InChI=1S/C13H8BrFN4O2/c14-7-1-2-10(9(15)5-7)17-11-6-16-4-3-8(11)12-18-19-13(20)21-12/h1-6,17H,(H,19,20). The van der Waals surface area contributed by atoms with Gasteiger partial charge in [0.2, 0.25) is 0 Å². The van der Waals surface area contributed by atoms with Gasteiger partial charge in [-0.3, -0.25) is 4.98 Å². The SMILES string of the molecule is O=c1[nH]nc(-c2ccncc2Nc2ccc(Br)cc2F)o1. The molecule has 0 fully saturated rings. The van der Waals surface area contributed by atoms with Gasteiger partial charge in [0.05, 0.1) is 23.1 Å². The number of aromatic nitrogens is 3. The second-order valence-electron chi connectivity index (χ2n) is 4.09. The molecule has 3 rings (SSSR count). The molecule has 2 aromatic heterocycles. The topological polar surface area (TPSA) is 83.8 Å². The summed E-state index contributed by atoms with van der Waals surface area (Å²) >= 11 is 3.19. The molecule has 0 amide bonds. The molecular formula is C13H8BrFN4O2. The van der Waals surface area contributed by atoms with E-state index in [2.05, 4.69) is 36.4 Å². The summed E-state index contributed by atoms with van der Waals surface area (Å²) in [6.07, 6.45) is 3.01. The maximum Gasteiger partial charge on any atom is 0.434 e. The molecule has 0 unspecified atom stereocenters. The molecule has 3 aromatic rings. The smallest absolute Gasteiger partial charge is 0.388 e. The van der Waals surface area contributed by atoms with Gasteiger partial charge in [-0.2, -0.15) is 0 Å². The van der Waals surface area contributed by atoms with Gasteiger partial charge in [-0.1, -0.05) is 15.9 Å². The third-order valence-corrected chi connectivity index (χ3v) is 3.18. The third-order valence-electron chi connectivity index (χ3n) is 2.69. The fourth-order valence-corrected chi connectivity index (χ4v) is 2.09. The van der Waals surface area contributed by atoms with Crippen molar-refractivity contribution in [3.05, 3.63) is 57.5 Å². The molecule has 0 atom stereocenters. The Morgan fingerprint density at radius 3 is 2.86 bits per heavy atom. The van der Waals surface area contributed by atoms with E-state index in [9.17, 15) is 9.18 Å². The number of pyridine rings is 1. The number of H-pyrrole nitrogens is 1. The van der Waals surface area contributed by atoms with Gasteiger partial charge >= 0.3 is 5.76 Å². The van der Waals surface area contributed by atoms with Crippen LogP contribution in [0.25, 0.3) is 11.5 Å². The van der Waals surface area contributed by atoms with Crippen molar-refractivity contribution in [1.82, 2.24) is 15.2 Å². The molecule has 0 saturated heterocycles. The highest BCUT2D eigenvalue weighted by molar-refractivity contribution is 9.10. The first-order valence-electron chi connectivity index (χ1n) is 5.85. The molecule has 1 aromatic carbocycles. The number of hydrogen-bond acceptors (Lipinski definition) is 5.